The summed E-state index contributed by atoms with van der Waals surface area (Å²) < 4.78 is 0. The number of benzene rings is 2. The standard InChI is InChI=1S/C27H34N4O/c28-19-25(31-16-5-2-9-26(31)27(29)32)18-21-10-12-23(13-11-21)24-8-6-7-22(17-24)20-30-14-3-1-4-15-30/h6-8,10-13,17,25-26H,1-5,9,14-16,18,20H2,(H2,29,32)/t25-,26?/m0/s1. The van der Waals surface area contributed by atoms with Gasteiger partial charge in [-0.15, -0.1) is 0 Å². The zero-order chi connectivity index (χ0) is 22.3. The van der Waals surface area contributed by atoms with Crippen LogP contribution in [0.5, 0.6) is 0 Å². The van der Waals surface area contributed by atoms with Gasteiger partial charge in [-0.2, -0.15) is 5.26 Å². The van der Waals surface area contributed by atoms with E-state index in [-0.39, 0.29) is 18.0 Å². The summed E-state index contributed by atoms with van der Waals surface area (Å²) in [5.74, 6) is -0.315. The lowest BCUT2D eigenvalue weighted by Gasteiger charge is -2.36. The Bertz CT molecular complexity index is 943. The molecule has 0 aromatic heterocycles. The van der Waals surface area contributed by atoms with Crippen LogP contribution in [0.4, 0.5) is 0 Å². The molecule has 0 spiro atoms. The molecule has 0 radical (unpaired) electrons. The summed E-state index contributed by atoms with van der Waals surface area (Å²) in [7, 11) is 0. The van der Waals surface area contributed by atoms with Gasteiger partial charge < -0.3 is 5.73 Å². The second kappa shape index (κ2) is 10.8. The molecule has 4 rings (SSSR count). The molecule has 2 aliphatic heterocycles. The predicted molar refractivity (Wildman–Crippen MR) is 128 cm³/mol. The molecule has 0 saturated carbocycles. The van der Waals surface area contributed by atoms with Crippen LogP contribution in [0.3, 0.4) is 0 Å². The first-order valence-corrected chi connectivity index (χ1v) is 12.0. The molecule has 5 heteroatoms. The average Bonchev–Trinajstić information content (AvgIpc) is 2.84. The molecule has 2 aromatic rings. The van der Waals surface area contributed by atoms with Crippen LogP contribution < -0.4 is 5.73 Å². The highest BCUT2D eigenvalue weighted by Gasteiger charge is 2.32. The lowest BCUT2D eigenvalue weighted by Crippen LogP contribution is -2.52. The van der Waals surface area contributed by atoms with Crippen LogP contribution in [-0.4, -0.2) is 47.4 Å². The van der Waals surface area contributed by atoms with Crippen LogP contribution in [-0.2, 0) is 17.8 Å². The molecule has 2 atom stereocenters. The van der Waals surface area contributed by atoms with Gasteiger partial charge in [0.1, 0.15) is 6.04 Å². The first-order chi connectivity index (χ1) is 15.6. The summed E-state index contributed by atoms with van der Waals surface area (Å²) in [6, 6.07) is 19.1. The van der Waals surface area contributed by atoms with E-state index in [4.69, 9.17) is 5.73 Å². The first-order valence-electron chi connectivity index (χ1n) is 12.0. The number of carbonyl (C=O) groups excluding carboxylic acids is 1. The summed E-state index contributed by atoms with van der Waals surface area (Å²) in [6.45, 7) is 4.18. The first kappa shape index (κ1) is 22.5. The molecule has 2 N–H and O–H groups in total. The van der Waals surface area contributed by atoms with E-state index in [1.54, 1.807) is 0 Å². The molecule has 2 heterocycles. The number of nitrogens with zero attached hydrogens (tertiary/aromatic N) is 3. The number of carbonyl (C=O) groups is 1. The van der Waals surface area contributed by atoms with Crippen LogP contribution in [0.1, 0.15) is 49.7 Å². The maximum absolute atomic E-state index is 11.9. The van der Waals surface area contributed by atoms with Gasteiger partial charge in [0.05, 0.1) is 12.1 Å². The van der Waals surface area contributed by atoms with Crippen molar-refractivity contribution in [3.05, 3.63) is 59.7 Å². The molecule has 5 nitrogen and oxygen atoms in total. The number of piperidine rings is 2. The molecule has 0 bridgehead atoms. The lowest BCUT2D eigenvalue weighted by atomic mass is 9.95. The highest BCUT2D eigenvalue weighted by atomic mass is 16.1. The number of likely N-dealkylation sites (tertiary alicyclic amines) is 2. The predicted octanol–water partition coefficient (Wildman–Crippen LogP) is 4.11. The van der Waals surface area contributed by atoms with Crippen molar-refractivity contribution in [1.82, 2.24) is 9.80 Å². The van der Waals surface area contributed by atoms with Gasteiger partial charge in [0, 0.05) is 19.5 Å². The average molecular weight is 431 g/mol. The van der Waals surface area contributed by atoms with E-state index in [1.165, 1.54) is 49.0 Å². The fourth-order valence-corrected chi connectivity index (χ4v) is 5.15. The van der Waals surface area contributed by atoms with Gasteiger partial charge >= 0.3 is 0 Å². The number of nitrogens with two attached hydrogens (primary N) is 1. The zero-order valence-electron chi connectivity index (χ0n) is 18.9. The van der Waals surface area contributed by atoms with Crippen LogP contribution in [0, 0.1) is 11.3 Å². The van der Waals surface area contributed by atoms with Gasteiger partial charge in [-0.25, -0.2) is 0 Å². The fraction of sp³-hybridized carbons (Fsp3) is 0.481. The summed E-state index contributed by atoms with van der Waals surface area (Å²) >= 11 is 0. The van der Waals surface area contributed by atoms with Gasteiger partial charge in [-0.05, 0) is 67.1 Å². The van der Waals surface area contributed by atoms with E-state index in [0.717, 1.165) is 37.9 Å². The van der Waals surface area contributed by atoms with Crippen LogP contribution in [0.25, 0.3) is 11.1 Å². The van der Waals surface area contributed by atoms with Crippen molar-refractivity contribution in [1.29, 1.82) is 5.26 Å². The van der Waals surface area contributed by atoms with Gasteiger partial charge in [0.2, 0.25) is 5.91 Å². The molecule has 2 aromatic carbocycles. The molecule has 1 unspecified atom stereocenters. The van der Waals surface area contributed by atoms with E-state index < -0.39 is 0 Å². The Morgan fingerprint density at radius 2 is 1.72 bits per heavy atom. The van der Waals surface area contributed by atoms with Gasteiger partial charge in [-0.3, -0.25) is 14.6 Å². The Kier molecular flexibility index (Phi) is 7.57. The van der Waals surface area contributed by atoms with Crippen molar-refractivity contribution in [3.8, 4) is 17.2 Å². The minimum absolute atomic E-state index is 0.315. The lowest BCUT2D eigenvalue weighted by molar-refractivity contribution is -0.125. The Morgan fingerprint density at radius 3 is 2.44 bits per heavy atom. The smallest absolute Gasteiger partial charge is 0.234 e. The third-order valence-electron chi connectivity index (χ3n) is 6.92. The molecule has 1 amide bonds. The number of primary amides is 1. The maximum Gasteiger partial charge on any atom is 0.234 e. The number of hydrogen-bond donors (Lipinski definition) is 1. The Balaban J connectivity index is 1.43. The topological polar surface area (TPSA) is 73.4 Å². The van der Waals surface area contributed by atoms with E-state index in [1.807, 2.05) is 4.90 Å². The van der Waals surface area contributed by atoms with Crippen LogP contribution in [0.15, 0.2) is 48.5 Å². The van der Waals surface area contributed by atoms with Crippen molar-refractivity contribution in [2.75, 3.05) is 19.6 Å². The summed E-state index contributed by atoms with van der Waals surface area (Å²) in [5.41, 5.74) is 10.5. The summed E-state index contributed by atoms with van der Waals surface area (Å²) in [6.07, 6.45) is 7.33. The third kappa shape index (κ3) is 5.56. The Labute approximate surface area is 191 Å². The van der Waals surface area contributed by atoms with Gasteiger partial charge in [-0.1, -0.05) is 55.3 Å². The minimum atomic E-state index is -0.327. The van der Waals surface area contributed by atoms with Crippen LogP contribution in [0.2, 0.25) is 0 Å². The normalized spacial score (nSPS) is 21.0. The fourth-order valence-electron chi connectivity index (χ4n) is 5.15. The summed E-state index contributed by atoms with van der Waals surface area (Å²) in [5, 5.41) is 9.79. The van der Waals surface area contributed by atoms with Crippen molar-refractivity contribution in [2.45, 2.75) is 63.6 Å². The Morgan fingerprint density at radius 1 is 0.969 bits per heavy atom. The van der Waals surface area contributed by atoms with Crippen molar-refractivity contribution in [2.24, 2.45) is 5.73 Å². The SMILES string of the molecule is N#C[C@H](Cc1ccc(-c2cccc(CN3CCCCC3)c2)cc1)N1CCCCC1C(N)=O. The van der Waals surface area contributed by atoms with Crippen LogP contribution >= 0.6 is 0 Å². The molecular formula is C27H34N4O. The second-order valence-electron chi connectivity index (χ2n) is 9.23. The number of hydrogen-bond acceptors (Lipinski definition) is 4. The molecule has 2 aliphatic rings. The van der Waals surface area contributed by atoms with Crippen molar-refractivity contribution < 1.29 is 4.79 Å². The van der Waals surface area contributed by atoms with Crippen molar-refractivity contribution >= 4 is 5.91 Å². The number of nitriles is 1. The highest BCUT2D eigenvalue weighted by molar-refractivity contribution is 5.80. The molecule has 2 fully saturated rings. The largest absolute Gasteiger partial charge is 0.368 e. The molecule has 2 saturated heterocycles. The zero-order valence-corrected chi connectivity index (χ0v) is 18.9. The quantitative estimate of drug-likeness (QED) is 0.717. The van der Waals surface area contributed by atoms with Gasteiger partial charge in [0.15, 0.2) is 0 Å². The molecule has 32 heavy (non-hydrogen) atoms. The second-order valence-corrected chi connectivity index (χ2v) is 9.23. The van der Waals surface area contributed by atoms with Gasteiger partial charge in [0.25, 0.3) is 0 Å². The number of amides is 1. The van der Waals surface area contributed by atoms with E-state index in [9.17, 15) is 10.1 Å². The number of rotatable bonds is 7. The van der Waals surface area contributed by atoms with E-state index in [0.29, 0.717) is 6.42 Å². The van der Waals surface area contributed by atoms with E-state index >= 15 is 0 Å². The monoisotopic (exact) mass is 430 g/mol. The molecule has 168 valence electrons. The van der Waals surface area contributed by atoms with E-state index in [2.05, 4.69) is 59.5 Å². The minimum Gasteiger partial charge on any atom is -0.368 e. The highest BCUT2D eigenvalue weighted by Crippen LogP contribution is 2.25. The Hall–Kier alpha value is -2.68. The molecular weight excluding hydrogens is 396 g/mol. The maximum atomic E-state index is 11.9. The third-order valence-corrected chi connectivity index (χ3v) is 6.92. The van der Waals surface area contributed by atoms with Crippen molar-refractivity contribution in [3.63, 3.8) is 0 Å². The summed E-state index contributed by atoms with van der Waals surface area (Å²) in [4.78, 5) is 16.4. The molecule has 0 aliphatic carbocycles.